The van der Waals surface area contributed by atoms with Crippen LogP contribution in [0.3, 0.4) is 0 Å². The molecule has 1 aromatic carbocycles. The molecular formula is C24H26N4OS. The van der Waals surface area contributed by atoms with Crippen molar-refractivity contribution in [3.63, 3.8) is 0 Å². The van der Waals surface area contributed by atoms with E-state index in [0.29, 0.717) is 5.92 Å². The predicted octanol–water partition coefficient (Wildman–Crippen LogP) is 4.48. The van der Waals surface area contributed by atoms with Gasteiger partial charge in [0, 0.05) is 68.8 Å². The van der Waals surface area contributed by atoms with Crippen molar-refractivity contribution in [2.75, 3.05) is 27.2 Å². The zero-order chi connectivity index (χ0) is 20.8. The number of hydrogen-bond acceptors (Lipinski definition) is 4. The molecule has 0 aliphatic carbocycles. The Hall–Kier alpha value is -2.70. The molecule has 5 rings (SSSR count). The lowest BCUT2D eigenvalue weighted by Crippen LogP contribution is -2.23. The van der Waals surface area contributed by atoms with E-state index in [1.807, 2.05) is 26.4 Å². The van der Waals surface area contributed by atoms with Crippen molar-refractivity contribution in [1.82, 2.24) is 19.4 Å². The molecule has 1 atom stereocenters. The molecule has 4 heterocycles. The maximum absolute atomic E-state index is 12.9. The van der Waals surface area contributed by atoms with Crippen molar-refractivity contribution < 1.29 is 4.79 Å². The second-order valence-corrected chi connectivity index (χ2v) is 9.40. The molecule has 0 saturated carbocycles. The van der Waals surface area contributed by atoms with E-state index in [1.165, 1.54) is 33.4 Å². The van der Waals surface area contributed by atoms with Crippen LogP contribution >= 0.6 is 11.3 Å². The number of nitrogens with zero attached hydrogens (tertiary/aromatic N) is 4. The zero-order valence-electron chi connectivity index (χ0n) is 17.6. The van der Waals surface area contributed by atoms with E-state index in [0.717, 1.165) is 41.1 Å². The zero-order valence-corrected chi connectivity index (χ0v) is 18.4. The lowest BCUT2D eigenvalue weighted by Gasteiger charge is -2.17. The quantitative estimate of drug-likeness (QED) is 0.491. The Kier molecular flexibility index (Phi) is 4.83. The van der Waals surface area contributed by atoms with Gasteiger partial charge in [0.05, 0.1) is 4.88 Å². The van der Waals surface area contributed by atoms with Crippen molar-refractivity contribution in [1.29, 1.82) is 0 Å². The van der Waals surface area contributed by atoms with Gasteiger partial charge in [-0.1, -0.05) is 24.3 Å². The second-order valence-electron chi connectivity index (χ2n) is 8.40. The standard InChI is InChI=1S/C24H26N4OS/c1-26(2)24(29)22-21(19-8-6-11-25-23(19)30-22)16-10-12-28(14-16)15-17-13-27(3)20-9-5-4-7-18(17)20/h4-9,11,13,16H,10,12,14-15H2,1-3H3/t16-/m0/s1. The molecule has 4 aromatic rings. The van der Waals surface area contributed by atoms with Gasteiger partial charge in [-0.25, -0.2) is 4.98 Å². The summed E-state index contributed by atoms with van der Waals surface area (Å²) in [5, 5.41) is 2.47. The molecule has 0 radical (unpaired) electrons. The number of amides is 1. The van der Waals surface area contributed by atoms with E-state index < -0.39 is 0 Å². The number of rotatable bonds is 4. The number of fused-ring (bicyclic) bond motifs is 2. The number of aromatic nitrogens is 2. The molecule has 6 heteroatoms. The van der Waals surface area contributed by atoms with Crippen molar-refractivity contribution in [2.24, 2.45) is 7.05 Å². The van der Waals surface area contributed by atoms with Crippen LogP contribution in [0.4, 0.5) is 0 Å². The Morgan fingerprint density at radius 1 is 1.20 bits per heavy atom. The fraction of sp³-hybridized carbons (Fsp3) is 0.333. The first-order valence-corrected chi connectivity index (χ1v) is 11.2. The normalized spacial score (nSPS) is 17.2. The Balaban J connectivity index is 1.45. The number of carbonyl (C=O) groups is 1. The lowest BCUT2D eigenvalue weighted by molar-refractivity contribution is 0.0831. The molecule has 1 saturated heterocycles. The summed E-state index contributed by atoms with van der Waals surface area (Å²) in [6.45, 7) is 2.95. The van der Waals surface area contributed by atoms with E-state index in [4.69, 9.17) is 0 Å². The minimum atomic E-state index is 0.0838. The molecule has 30 heavy (non-hydrogen) atoms. The van der Waals surface area contributed by atoms with Crippen molar-refractivity contribution in [3.05, 3.63) is 64.8 Å². The molecular weight excluding hydrogens is 392 g/mol. The van der Waals surface area contributed by atoms with E-state index >= 15 is 0 Å². The predicted molar refractivity (Wildman–Crippen MR) is 123 cm³/mol. The molecule has 0 N–H and O–H groups in total. The summed E-state index contributed by atoms with van der Waals surface area (Å²) in [6, 6.07) is 12.7. The van der Waals surface area contributed by atoms with Crippen LogP contribution in [-0.4, -0.2) is 52.4 Å². The van der Waals surface area contributed by atoms with Gasteiger partial charge in [0.1, 0.15) is 4.83 Å². The van der Waals surface area contributed by atoms with Gasteiger partial charge in [-0.3, -0.25) is 9.69 Å². The number of benzene rings is 1. The van der Waals surface area contributed by atoms with Gasteiger partial charge in [0.25, 0.3) is 5.91 Å². The highest BCUT2D eigenvalue weighted by atomic mass is 32.1. The molecule has 1 fully saturated rings. The van der Waals surface area contributed by atoms with Gasteiger partial charge in [-0.05, 0) is 36.2 Å². The van der Waals surface area contributed by atoms with Gasteiger partial charge in [-0.15, -0.1) is 11.3 Å². The van der Waals surface area contributed by atoms with Gasteiger partial charge >= 0.3 is 0 Å². The van der Waals surface area contributed by atoms with E-state index in [2.05, 4.69) is 58.0 Å². The molecule has 0 spiro atoms. The summed E-state index contributed by atoms with van der Waals surface area (Å²) < 4.78 is 2.21. The number of hydrogen-bond donors (Lipinski definition) is 0. The van der Waals surface area contributed by atoms with Crippen LogP contribution in [0, 0.1) is 0 Å². The van der Waals surface area contributed by atoms with Crippen LogP contribution in [-0.2, 0) is 13.6 Å². The Bertz CT molecular complexity index is 1240. The average Bonchev–Trinajstić information content (AvgIpc) is 3.44. The highest BCUT2D eigenvalue weighted by molar-refractivity contribution is 7.20. The smallest absolute Gasteiger partial charge is 0.263 e. The fourth-order valence-electron chi connectivity index (χ4n) is 4.72. The van der Waals surface area contributed by atoms with Gasteiger partial charge in [0.15, 0.2) is 0 Å². The molecule has 1 amide bonds. The topological polar surface area (TPSA) is 41.4 Å². The number of thiophene rings is 1. The maximum atomic E-state index is 12.9. The van der Waals surface area contributed by atoms with Gasteiger partial charge < -0.3 is 9.47 Å². The van der Waals surface area contributed by atoms with Gasteiger partial charge in [-0.2, -0.15) is 0 Å². The summed E-state index contributed by atoms with van der Waals surface area (Å²) in [7, 11) is 5.76. The van der Waals surface area contributed by atoms with E-state index in [1.54, 1.807) is 4.90 Å². The summed E-state index contributed by atoms with van der Waals surface area (Å²) in [5.41, 5.74) is 3.84. The van der Waals surface area contributed by atoms with Crippen LogP contribution < -0.4 is 0 Å². The minimum Gasteiger partial charge on any atom is -0.350 e. The number of carbonyl (C=O) groups excluding carboxylic acids is 1. The summed E-state index contributed by atoms with van der Waals surface area (Å²) in [5.74, 6) is 0.442. The van der Waals surface area contributed by atoms with E-state index in [-0.39, 0.29) is 5.91 Å². The van der Waals surface area contributed by atoms with Gasteiger partial charge in [0.2, 0.25) is 0 Å². The molecule has 0 unspecified atom stereocenters. The van der Waals surface area contributed by atoms with Crippen LogP contribution in [0.25, 0.3) is 21.1 Å². The van der Waals surface area contributed by atoms with Crippen molar-refractivity contribution in [2.45, 2.75) is 18.9 Å². The Morgan fingerprint density at radius 3 is 2.83 bits per heavy atom. The average molecular weight is 419 g/mol. The van der Waals surface area contributed by atoms with Crippen LogP contribution in [0.2, 0.25) is 0 Å². The third kappa shape index (κ3) is 3.20. The number of pyridine rings is 1. The number of likely N-dealkylation sites (tertiary alicyclic amines) is 1. The molecule has 0 bridgehead atoms. The first kappa shape index (κ1) is 19.3. The van der Waals surface area contributed by atoms with E-state index in [9.17, 15) is 4.79 Å². The molecule has 1 aliphatic heterocycles. The molecule has 5 nitrogen and oxygen atoms in total. The fourth-order valence-corrected chi connectivity index (χ4v) is 5.97. The van der Waals surface area contributed by atoms with Crippen molar-refractivity contribution >= 4 is 38.4 Å². The number of aryl methyl sites for hydroxylation is 1. The lowest BCUT2D eigenvalue weighted by atomic mass is 9.95. The molecule has 1 aliphatic rings. The highest BCUT2D eigenvalue weighted by Crippen LogP contribution is 2.40. The highest BCUT2D eigenvalue weighted by Gasteiger charge is 2.31. The third-order valence-electron chi connectivity index (χ3n) is 6.16. The van der Waals surface area contributed by atoms with Crippen LogP contribution in [0.15, 0.2) is 48.8 Å². The number of para-hydroxylation sites is 1. The van der Waals surface area contributed by atoms with Crippen LogP contribution in [0.1, 0.15) is 33.1 Å². The minimum absolute atomic E-state index is 0.0838. The van der Waals surface area contributed by atoms with Crippen molar-refractivity contribution in [3.8, 4) is 0 Å². The first-order chi connectivity index (χ1) is 14.5. The summed E-state index contributed by atoms with van der Waals surface area (Å²) in [6.07, 6.45) is 5.14. The monoisotopic (exact) mass is 418 g/mol. The third-order valence-corrected chi connectivity index (χ3v) is 7.28. The summed E-state index contributed by atoms with van der Waals surface area (Å²) in [4.78, 5) is 23.5. The Labute approximate surface area is 180 Å². The first-order valence-electron chi connectivity index (χ1n) is 10.4. The Morgan fingerprint density at radius 2 is 2.00 bits per heavy atom. The molecule has 154 valence electrons. The SMILES string of the molecule is CN(C)C(=O)c1sc2ncccc2c1[C@H]1CCN(Cc2cn(C)c3ccccc23)C1. The second kappa shape index (κ2) is 7.52. The van der Waals surface area contributed by atoms with Crippen LogP contribution in [0.5, 0.6) is 0 Å². The summed E-state index contributed by atoms with van der Waals surface area (Å²) >= 11 is 1.53. The molecule has 3 aromatic heterocycles. The maximum Gasteiger partial charge on any atom is 0.263 e. The largest absolute Gasteiger partial charge is 0.350 e.